The molecule has 0 aliphatic carbocycles. The molecular formula is C13H13ClIN5. The first kappa shape index (κ1) is 13.8. The highest BCUT2D eigenvalue weighted by Gasteiger charge is 2.11. The summed E-state index contributed by atoms with van der Waals surface area (Å²) >= 11 is 8.30. The van der Waals surface area contributed by atoms with E-state index < -0.39 is 0 Å². The number of aromatic nitrogens is 5. The lowest BCUT2D eigenvalue weighted by Crippen LogP contribution is -2.06. The third kappa shape index (κ3) is 2.67. The summed E-state index contributed by atoms with van der Waals surface area (Å²) in [7, 11) is 1.87. The monoisotopic (exact) mass is 401 g/mol. The fourth-order valence-corrected chi connectivity index (χ4v) is 2.89. The van der Waals surface area contributed by atoms with E-state index in [1.54, 1.807) is 11.0 Å². The second-order valence-corrected chi connectivity index (χ2v) is 6.04. The van der Waals surface area contributed by atoms with E-state index in [4.69, 9.17) is 11.6 Å². The van der Waals surface area contributed by atoms with E-state index in [-0.39, 0.29) is 0 Å². The standard InChI is InChI=1S/C13H13ClIN5/c1-19-8-16-12(18-19)4-5-20-11-3-2-9(15)6-10(11)17-13(20)7-14/h2-3,6,8H,4-5,7H2,1H3. The number of benzene rings is 1. The lowest BCUT2D eigenvalue weighted by atomic mass is 10.3. The van der Waals surface area contributed by atoms with E-state index in [0.717, 1.165) is 35.6 Å². The molecule has 0 spiro atoms. The molecule has 0 bridgehead atoms. The normalized spacial score (nSPS) is 11.3. The van der Waals surface area contributed by atoms with Gasteiger partial charge in [0.05, 0.1) is 16.9 Å². The minimum atomic E-state index is 0.404. The van der Waals surface area contributed by atoms with Crippen molar-refractivity contribution in [1.82, 2.24) is 24.3 Å². The number of halogens is 2. The van der Waals surface area contributed by atoms with Crippen LogP contribution in [0.4, 0.5) is 0 Å². The van der Waals surface area contributed by atoms with E-state index in [0.29, 0.717) is 5.88 Å². The van der Waals surface area contributed by atoms with Crippen LogP contribution in [-0.4, -0.2) is 24.3 Å². The van der Waals surface area contributed by atoms with Gasteiger partial charge in [0.2, 0.25) is 0 Å². The minimum Gasteiger partial charge on any atom is -0.327 e. The molecule has 104 valence electrons. The molecule has 1 aromatic carbocycles. The van der Waals surface area contributed by atoms with Crippen molar-refractivity contribution >= 4 is 45.2 Å². The lowest BCUT2D eigenvalue weighted by molar-refractivity contribution is 0.654. The quantitative estimate of drug-likeness (QED) is 0.499. The summed E-state index contributed by atoms with van der Waals surface area (Å²) in [5, 5.41) is 4.30. The predicted octanol–water partition coefficient (Wildman–Crippen LogP) is 2.75. The molecule has 0 saturated carbocycles. The molecule has 0 atom stereocenters. The summed E-state index contributed by atoms with van der Waals surface area (Å²) in [5.41, 5.74) is 2.10. The maximum absolute atomic E-state index is 6.01. The number of fused-ring (bicyclic) bond motifs is 1. The SMILES string of the molecule is Cn1cnc(CCn2c(CCl)nc3cc(I)ccc32)n1. The molecule has 0 aliphatic heterocycles. The van der Waals surface area contributed by atoms with Crippen LogP contribution in [0.5, 0.6) is 0 Å². The zero-order chi connectivity index (χ0) is 14.1. The first-order chi connectivity index (χ1) is 9.67. The van der Waals surface area contributed by atoms with Crippen LogP contribution in [0.25, 0.3) is 11.0 Å². The topological polar surface area (TPSA) is 48.5 Å². The number of nitrogens with zero attached hydrogens (tertiary/aromatic N) is 5. The van der Waals surface area contributed by atoms with Gasteiger partial charge < -0.3 is 4.57 Å². The van der Waals surface area contributed by atoms with Gasteiger partial charge in [0.1, 0.15) is 12.2 Å². The van der Waals surface area contributed by atoms with Crippen LogP contribution in [-0.2, 0) is 25.9 Å². The zero-order valence-corrected chi connectivity index (χ0v) is 13.8. The van der Waals surface area contributed by atoms with Crippen LogP contribution < -0.4 is 0 Å². The summed E-state index contributed by atoms with van der Waals surface area (Å²) < 4.78 is 5.04. The van der Waals surface area contributed by atoms with Gasteiger partial charge in [-0.05, 0) is 40.8 Å². The Labute approximate surface area is 135 Å². The first-order valence-corrected chi connectivity index (χ1v) is 7.84. The van der Waals surface area contributed by atoms with Crippen molar-refractivity contribution in [2.75, 3.05) is 0 Å². The van der Waals surface area contributed by atoms with Crippen molar-refractivity contribution in [2.45, 2.75) is 18.8 Å². The molecular weight excluding hydrogens is 389 g/mol. The van der Waals surface area contributed by atoms with Gasteiger partial charge >= 0.3 is 0 Å². The van der Waals surface area contributed by atoms with E-state index in [1.807, 2.05) is 7.05 Å². The summed E-state index contributed by atoms with van der Waals surface area (Å²) in [6.45, 7) is 0.781. The molecule has 2 aromatic heterocycles. The molecule has 0 N–H and O–H groups in total. The second kappa shape index (κ2) is 5.69. The van der Waals surface area contributed by atoms with Crippen LogP contribution >= 0.6 is 34.2 Å². The molecule has 3 aromatic rings. The van der Waals surface area contributed by atoms with Crippen LogP contribution in [0.15, 0.2) is 24.5 Å². The van der Waals surface area contributed by atoms with Crippen molar-refractivity contribution in [2.24, 2.45) is 7.05 Å². The Kier molecular flexibility index (Phi) is 3.93. The predicted molar refractivity (Wildman–Crippen MR) is 86.7 cm³/mol. The average molecular weight is 402 g/mol. The molecule has 0 fully saturated rings. The number of imidazole rings is 1. The van der Waals surface area contributed by atoms with E-state index in [1.165, 1.54) is 3.57 Å². The molecule has 0 aliphatic rings. The molecule has 0 amide bonds. The van der Waals surface area contributed by atoms with E-state index >= 15 is 0 Å². The van der Waals surface area contributed by atoms with Crippen molar-refractivity contribution in [3.8, 4) is 0 Å². The van der Waals surface area contributed by atoms with Crippen LogP contribution in [0.1, 0.15) is 11.6 Å². The van der Waals surface area contributed by atoms with Crippen LogP contribution in [0, 0.1) is 3.57 Å². The van der Waals surface area contributed by atoms with Gasteiger partial charge in [-0.2, -0.15) is 5.10 Å². The number of alkyl halides is 1. The molecule has 0 unspecified atom stereocenters. The van der Waals surface area contributed by atoms with E-state index in [9.17, 15) is 0 Å². The van der Waals surface area contributed by atoms with Gasteiger partial charge in [-0.15, -0.1) is 11.6 Å². The van der Waals surface area contributed by atoms with Gasteiger partial charge in [-0.3, -0.25) is 4.68 Å². The molecule has 2 heterocycles. The Balaban J connectivity index is 1.93. The van der Waals surface area contributed by atoms with Gasteiger partial charge in [-0.25, -0.2) is 9.97 Å². The van der Waals surface area contributed by atoms with Gasteiger partial charge in [0.25, 0.3) is 0 Å². The number of hydrogen-bond acceptors (Lipinski definition) is 3. The van der Waals surface area contributed by atoms with Crippen molar-refractivity contribution in [3.05, 3.63) is 39.7 Å². The minimum absolute atomic E-state index is 0.404. The molecule has 20 heavy (non-hydrogen) atoms. The smallest absolute Gasteiger partial charge is 0.152 e. The van der Waals surface area contributed by atoms with Gasteiger partial charge in [0, 0.05) is 23.6 Å². The van der Waals surface area contributed by atoms with Crippen molar-refractivity contribution in [3.63, 3.8) is 0 Å². The average Bonchev–Trinajstić information content (AvgIpc) is 2.99. The molecule has 3 rings (SSSR count). The summed E-state index contributed by atoms with van der Waals surface area (Å²) in [6.07, 6.45) is 2.48. The first-order valence-electron chi connectivity index (χ1n) is 6.22. The Hall–Kier alpha value is -1.15. The number of hydrogen-bond donors (Lipinski definition) is 0. The lowest BCUT2D eigenvalue weighted by Gasteiger charge is -2.06. The van der Waals surface area contributed by atoms with Crippen LogP contribution in [0.2, 0.25) is 0 Å². The maximum atomic E-state index is 6.01. The summed E-state index contributed by atoms with van der Waals surface area (Å²) in [5.74, 6) is 2.13. The second-order valence-electron chi connectivity index (χ2n) is 4.53. The maximum Gasteiger partial charge on any atom is 0.152 e. The Morgan fingerprint density at radius 2 is 2.20 bits per heavy atom. The summed E-state index contributed by atoms with van der Waals surface area (Å²) in [6, 6.07) is 6.24. The Morgan fingerprint density at radius 1 is 1.35 bits per heavy atom. The Bertz CT molecular complexity index is 748. The van der Waals surface area contributed by atoms with Crippen molar-refractivity contribution in [1.29, 1.82) is 0 Å². The highest BCUT2D eigenvalue weighted by atomic mass is 127. The van der Waals surface area contributed by atoms with Crippen LogP contribution in [0.3, 0.4) is 0 Å². The largest absolute Gasteiger partial charge is 0.327 e. The molecule has 0 saturated heterocycles. The Morgan fingerprint density at radius 3 is 2.90 bits per heavy atom. The molecule has 0 radical (unpaired) electrons. The number of rotatable bonds is 4. The third-order valence-corrected chi connectivity index (χ3v) is 4.02. The fraction of sp³-hybridized carbons (Fsp3) is 0.308. The fourth-order valence-electron chi connectivity index (χ4n) is 2.21. The zero-order valence-electron chi connectivity index (χ0n) is 10.9. The van der Waals surface area contributed by atoms with E-state index in [2.05, 4.69) is 60.4 Å². The van der Waals surface area contributed by atoms with Gasteiger partial charge in [-0.1, -0.05) is 0 Å². The third-order valence-electron chi connectivity index (χ3n) is 3.11. The highest BCUT2D eigenvalue weighted by molar-refractivity contribution is 14.1. The molecule has 5 nitrogen and oxygen atoms in total. The van der Waals surface area contributed by atoms with Crippen molar-refractivity contribution < 1.29 is 0 Å². The molecule has 7 heteroatoms. The highest BCUT2D eigenvalue weighted by Crippen LogP contribution is 2.20. The number of aryl methyl sites for hydroxylation is 3. The van der Waals surface area contributed by atoms with Gasteiger partial charge in [0.15, 0.2) is 5.82 Å². The summed E-state index contributed by atoms with van der Waals surface area (Å²) in [4.78, 5) is 8.84.